The van der Waals surface area contributed by atoms with E-state index in [1.54, 1.807) is 0 Å². The molecule has 1 aromatic heterocycles. The maximum atomic E-state index is 12.3. The fourth-order valence-corrected chi connectivity index (χ4v) is 7.57. The molecule has 0 radical (unpaired) electrons. The Morgan fingerprint density at radius 1 is 0.982 bits per heavy atom. The van der Waals surface area contributed by atoms with Crippen molar-refractivity contribution < 1.29 is 37.2 Å². The Morgan fingerprint density at radius 3 is 2.35 bits per heavy atom. The molecule has 0 bridgehead atoms. The number of carboxylic acid groups (broad SMARTS) is 1. The van der Waals surface area contributed by atoms with E-state index >= 15 is 0 Å². The molecule has 0 saturated heterocycles. The van der Waals surface area contributed by atoms with Crippen LogP contribution in [0.2, 0.25) is 0 Å². The normalized spacial score (nSPS) is 18.2. The van der Waals surface area contributed by atoms with Gasteiger partial charge in [-0.15, -0.1) is 5.73 Å². The molecular weight excluding hydrogens is 727 g/mol. The number of aliphatic imine (C=N–C) groups is 1. The molecular formula is C44H47ClF3N3O4. The molecule has 2 aromatic carbocycles. The van der Waals surface area contributed by atoms with Crippen molar-refractivity contribution in [1.82, 2.24) is 0 Å². The third kappa shape index (κ3) is 9.67. The number of aromatic nitrogens is 1. The summed E-state index contributed by atoms with van der Waals surface area (Å²) in [5.74, 6) is -1.44. The number of nitrogens with zero attached hydrogens (tertiary/aromatic N) is 3. The van der Waals surface area contributed by atoms with Crippen LogP contribution in [0.1, 0.15) is 83.8 Å². The lowest BCUT2D eigenvalue weighted by Gasteiger charge is -2.26. The fourth-order valence-electron chi connectivity index (χ4n) is 7.24. The molecule has 1 aliphatic carbocycles. The van der Waals surface area contributed by atoms with Crippen LogP contribution >= 0.6 is 11.6 Å². The first-order valence-electron chi connectivity index (χ1n) is 18.5. The van der Waals surface area contributed by atoms with E-state index in [-0.39, 0.29) is 22.7 Å². The molecule has 11 heteroatoms. The van der Waals surface area contributed by atoms with E-state index in [9.17, 15) is 18.0 Å². The molecule has 1 unspecified atom stereocenters. The van der Waals surface area contributed by atoms with Gasteiger partial charge in [-0.2, -0.15) is 13.2 Å². The number of ether oxygens (including phenoxy) is 1. The lowest BCUT2D eigenvalue weighted by molar-refractivity contribution is -0.658. The molecule has 3 heterocycles. The lowest BCUT2D eigenvalue weighted by atomic mass is 9.81. The number of halogens is 4. The molecule has 6 rings (SSSR count). The number of benzene rings is 2. The molecule has 2 aliphatic heterocycles. The summed E-state index contributed by atoms with van der Waals surface area (Å²) in [6.07, 6.45) is 9.61. The number of carbonyl (C=O) groups is 2. The number of hydrogen-bond donors (Lipinski definition) is 0. The predicted molar refractivity (Wildman–Crippen MR) is 207 cm³/mol. The molecule has 290 valence electrons. The number of fused-ring (bicyclic) bond motifs is 2. The Kier molecular flexibility index (Phi) is 12.9. The second-order valence-electron chi connectivity index (χ2n) is 15.0. The topological polar surface area (TPSA) is 85.9 Å². The van der Waals surface area contributed by atoms with Crippen LogP contribution in [0.5, 0.6) is 5.75 Å². The van der Waals surface area contributed by atoms with E-state index in [2.05, 4.69) is 97.5 Å². The van der Waals surface area contributed by atoms with Gasteiger partial charge in [-0.1, -0.05) is 60.5 Å². The Bertz CT molecular complexity index is 2060. The minimum absolute atomic E-state index is 0.123. The Hall–Kier alpha value is -4.92. The minimum atomic E-state index is -5.19. The number of rotatable bonds is 10. The molecule has 0 amide bonds. The highest BCUT2D eigenvalue weighted by Crippen LogP contribution is 2.47. The van der Waals surface area contributed by atoms with E-state index < -0.39 is 12.1 Å². The molecule has 0 fully saturated rings. The smallest absolute Gasteiger partial charge is 0.430 e. The number of unbranched alkanes of at least 4 members (excludes halogenated alkanes) is 2. The first kappa shape index (κ1) is 41.2. The average molecular weight is 774 g/mol. The van der Waals surface area contributed by atoms with Gasteiger partial charge in [0.2, 0.25) is 0 Å². The summed E-state index contributed by atoms with van der Waals surface area (Å²) in [6.45, 7) is 9.92. The molecule has 0 saturated carbocycles. The van der Waals surface area contributed by atoms with Crippen LogP contribution < -0.4 is 19.3 Å². The molecule has 3 aromatic rings. The van der Waals surface area contributed by atoms with Crippen LogP contribution in [0.3, 0.4) is 0 Å². The van der Waals surface area contributed by atoms with E-state index in [1.807, 2.05) is 43.6 Å². The zero-order valence-corrected chi connectivity index (χ0v) is 32.6. The Balaban J connectivity index is 0.000000757. The zero-order valence-electron chi connectivity index (χ0n) is 31.9. The number of pyridine rings is 1. The maximum absolute atomic E-state index is 12.3. The van der Waals surface area contributed by atoms with Crippen molar-refractivity contribution in [2.45, 2.75) is 89.6 Å². The quantitative estimate of drug-likeness (QED) is 0.0675. The summed E-state index contributed by atoms with van der Waals surface area (Å²) >= 11 is 7.15. The fraction of sp³-hybridized carbons (Fsp3) is 0.386. The Morgan fingerprint density at radius 2 is 1.65 bits per heavy atom. The number of esters is 1. The van der Waals surface area contributed by atoms with Crippen LogP contribution in [0.4, 0.5) is 24.7 Å². The number of aliphatic carboxylic acids is 1. The number of carboxylic acids is 1. The van der Waals surface area contributed by atoms with Gasteiger partial charge in [0, 0.05) is 35.0 Å². The summed E-state index contributed by atoms with van der Waals surface area (Å²) in [7, 11) is 2.05. The summed E-state index contributed by atoms with van der Waals surface area (Å²) in [4.78, 5) is 28.5. The van der Waals surface area contributed by atoms with Crippen LogP contribution in [0.25, 0.3) is 0 Å². The number of carbonyl (C=O) groups excluding carboxylic acids is 2. The number of hydrogen-bond acceptors (Lipinski definition) is 6. The van der Waals surface area contributed by atoms with E-state index in [1.165, 1.54) is 28.1 Å². The highest BCUT2D eigenvalue weighted by Gasteiger charge is 2.42. The summed E-state index contributed by atoms with van der Waals surface area (Å²) in [6, 6.07) is 22.2. The predicted octanol–water partition coefficient (Wildman–Crippen LogP) is 9.03. The van der Waals surface area contributed by atoms with Crippen molar-refractivity contribution in [2.75, 3.05) is 11.4 Å². The first-order chi connectivity index (χ1) is 26.0. The average Bonchev–Trinajstić information content (AvgIpc) is 3.52. The number of alkyl halides is 3. The van der Waals surface area contributed by atoms with Crippen molar-refractivity contribution in [1.29, 1.82) is 0 Å². The molecule has 0 N–H and O–H groups in total. The van der Waals surface area contributed by atoms with E-state index in [4.69, 9.17) is 31.2 Å². The van der Waals surface area contributed by atoms with Crippen LogP contribution in [-0.4, -0.2) is 30.4 Å². The first-order valence-corrected chi connectivity index (χ1v) is 18.9. The van der Waals surface area contributed by atoms with Crippen LogP contribution in [0.15, 0.2) is 118 Å². The van der Waals surface area contributed by atoms with E-state index in [0.717, 1.165) is 61.6 Å². The molecule has 0 spiro atoms. The molecule has 55 heavy (non-hydrogen) atoms. The van der Waals surface area contributed by atoms with Crippen LogP contribution in [0, 0.1) is 5.92 Å². The van der Waals surface area contributed by atoms with Crippen molar-refractivity contribution in [2.24, 2.45) is 18.0 Å². The van der Waals surface area contributed by atoms with Gasteiger partial charge in [-0.05, 0) is 118 Å². The third-order valence-corrected chi connectivity index (χ3v) is 10.9. The molecule has 1 atom stereocenters. The van der Waals surface area contributed by atoms with Crippen molar-refractivity contribution in [3.8, 4) is 5.75 Å². The second-order valence-corrected chi connectivity index (χ2v) is 15.4. The summed E-state index contributed by atoms with van der Waals surface area (Å²) < 4.78 is 39.1. The largest absolute Gasteiger partial charge is 0.542 e. The van der Waals surface area contributed by atoms with Gasteiger partial charge in [0.25, 0.3) is 0 Å². The van der Waals surface area contributed by atoms with Gasteiger partial charge in [0.15, 0.2) is 5.71 Å². The standard InChI is InChI=1S/C42H47ClN3O2.C2HF3O2/c1-41(2)34-21-15-28-45(5)40(34)44-36(41)26-24-30-16-14-17-31(39(30)43)25-27-37-42(3,4)33-20-11-12-22-35(33)46(37)29-13-7-10-23-38(47)48-32-18-8-6-9-19-32;3-2(4,5)1(6)7/h6,8-9,11-12,15,18-22,24-26,28,31H,7,10,13-14,16-17,23,29H2,1-5H3;(H,6,7)/q+1;/p-1/b26-24+;. The van der Waals surface area contributed by atoms with Crippen LogP contribution in [-0.2, 0) is 27.5 Å². The number of aryl methyl sites for hydroxylation is 1. The highest BCUT2D eigenvalue weighted by molar-refractivity contribution is 6.30. The monoisotopic (exact) mass is 773 g/mol. The molecule has 7 nitrogen and oxygen atoms in total. The van der Waals surface area contributed by atoms with Crippen molar-refractivity contribution in [3.05, 3.63) is 124 Å². The molecule has 3 aliphatic rings. The SMILES string of the molecule is C[n+]1cccc2c1N=C(/C=C/C1=C(Cl)C(C=C=C3N(CCCCCC(=O)Oc4ccccc4)c4ccccc4C3(C)C)CCC1)C2(C)C.O=C([O-])C(F)(F)F. The van der Waals surface area contributed by atoms with Crippen molar-refractivity contribution >= 4 is 40.8 Å². The van der Waals surface area contributed by atoms with Gasteiger partial charge in [-0.25, -0.2) is 4.57 Å². The van der Waals surface area contributed by atoms with Crippen molar-refractivity contribution in [3.63, 3.8) is 0 Å². The van der Waals surface area contributed by atoms with Gasteiger partial charge in [0.1, 0.15) is 11.7 Å². The van der Waals surface area contributed by atoms with Gasteiger partial charge in [0.05, 0.1) is 29.9 Å². The minimum Gasteiger partial charge on any atom is -0.542 e. The van der Waals surface area contributed by atoms with Gasteiger partial charge < -0.3 is 19.5 Å². The number of allylic oxidation sites excluding steroid dienone is 5. The second kappa shape index (κ2) is 17.3. The third-order valence-electron chi connectivity index (χ3n) is 10.3. The van der Waals surface area contributed by atoms with Gasteiger partial charge >= 0.3 is 18.0 Å². The number of anilines is 1. The Labute approximate surface area is 326 Å². The highest BCUT2D eigenvalue weighted by atomic mass is 35.5. The number of para-hydroxylation sites is 2. The summed E-state index contributed by atoms with van der Waals surface area (Å²) in [5, 5.41) is 9.69. The maximum Gasteiger partial charge on any atom is 0.430 e. The zero-order chi connectivity index (χ0) is 40.0. The lowest BCUT2D eigenvalue weighted by Crippen LogP contribution is -2.37. The summed E-state index contributed by atoms with van der Waals surface area (Å²) in [5.41, 5.74) is 10.7. The van der Waals surface area contributed by atoms with Gasteiger partial charge in [-0.3, -0.25) is 4.79 Å². The van der Waals surface area contributed by atoms with E-state index in [0.29, 0.717) is 12.2 Å².